The lowest BCUT2D eigenvalue weighted by Crippen LogP contribution is -2.10. The van der Waals surface area contributed by atoms with Gasteiger partial charge in [0, 0.05) is 0 Å². The van der Waals surface area contributed by atoms with Crippen LogP contribution in [0.25, 0.3) is 0 Å². The molecule has 5 heavy (non-hydrogen) atoms. The van der Waals surface area contributed by atoms with Gasteiger partial charge in [0.1, 0.15) is 0 Å². The van der Waals surface area contributed by atoms with Crippen LogP contribution < -0.4 is 0 Å². The van der Waals surface area contributed by atoms with Gasteiger partial charge >= 0.3 is 0 Å². The van der Waals surface area contributed by atoms with E-state index < -0.39 is 5.79 Å². The van der Waals surface area contributed by atoms with Gasteiger partial charge in [-0.15, -0.1) is 0 Å². The molecule has 0 atom stereocenters. The first-order chi connectivity index (χ1) is 2.00. The highest BCUT2D eigenvalue weighted by atomic mass is 16.5. The van der Waals surface area contributed by atoms with Crippen molar-refractivity contribution in [2.24, 2.45) is 0 Å². The van der Waals surface area contributed by atoms with Crippen LogP contribution in [0.1, 0.15) is 13.8 Å². The Morgan fingerprint density at radius 1 is 1.20 bits per heavy atom. The minimum Gasteiger partial charge on any atom is -0.196 e. The summed E-state index contributed by atoms with van der Waals surface area (Å²) >= 11 is 0. The molecular weight excluding hydrogens is 68.0 g/mol. The monoisotopic (exact) mass is 74.0 g/mol. The summed E-state index contributed by atoms with van der Waals surface area (Å²) in [4.78, 5) is 0. The highest BCUT2D eigenvalue weighted by Crippen LogP contribution is 1.91. The molecule has 30 valence electrons. The average Bonchev–Trinajstić information content (AvgIpc) is 0.722. The predicted octanol–water partition coefficient (Wildman–Crippen LogP) is 0.584. The number of hydrogen-bond donors (Lipinski definition) is 0. The van der Waals surface area contributed by atoms with Crippen molar-refractivity contribution in [3.05, 3.63) is 0 Å². The van der Waals surface area contributed by atoms with E-state index in [4.69, 9.17) is 0 Å². The van der Waals surface area contributed by atoms with Gasteiger partial charge in [-0.3, -0.25) is 0 Å². The largest absolute Gasteiger partial charge is 0.228 e. The molecule has 0 aromatic heterocycles. The Morgan fingerprint density at radius 3 is 1.20 bits per heavy atom. The maximum Gasteiger partial charge on any atom is 0.228 e. The van der Waals surface area contributed by atoms with Crippen molar-refractivity contribution >= 4 is 0 Å². The van der Waals surface area contributed by atoms with Gasteiger partial charge in [0.25, 0.3) is 0 Å². The molecule has 0 aliphatic carbocycles. The van der Waals surface area contributed by atoms with Crippen molar-refractivity contribution in [2.45, 2.75) is 19.6 Å². The normalized spacial score (nSPS) is 12.0. The van der Waals surface area contributed by atoms with Gasteiger partial charge in [-0.25, -0.2) is 0 Å². The van der Waals surface area contributed by atoms with Gasteiger partial charge in [0.2, 0.25) is 5.79 Å². The molecule has 2 radical (unpaired) electrons. The summed E-state index contributed by atoms with van der Waals surface area (Å²) in [7, 11) is 0. The van der Waals surface area contributed by atoms with Gasteiger partial charge in [0.15, 0.2) is 0 Å². The molecule has 2 heteroatoms. The van der Waals surface area contributed by atoms with Gasteiger partial charge in [-0.05, 0) is 13.8 Å². The first-order valence-electron chi connectivity index (χ1n) is 1.41. The molecular formula is C3H6O2. The molecule has 0 amide bonds. The maximum absolute atomic E-state index is 9.55. The van der Waals surface area contributed by atoms with Crippen molar-refractivity contribution in [3.8, 4) is 0 Å². The molecule has 0 unspecified atom stereocenters. The van der Waals surface area contributed by atoms with E-state index >= 15 is 0 Å². The quantitative estimate of drug-likeness (QED) is 0.377. The third-order valence-electron chi connectivity index (χ3n) is 0. The molecule has 0 saturated carbocycles. The zero-order valence-corrected chi connectivity index (χ0v) is 3.32. The van der Waals surface area contributed by atoms with Gasteiger partial charge in [-0.1, -0.05) is 0 Å². The van der Waals surface area contributed by atoms with E-state index in [9.17, 15) is 10.2 Å². The van der Waals surface area contributed by atoms with Crippen LogP contribution in [0.15, 0.2) is 0 Å². The molecule has 0 aliphatic rings. The second kappa shape index (κ2) is 0.954. The fraction of sp³-hybridized carbons (Fsp3) is 1.00. The van der Waals surface area contributed by atoms with Crippen LogP contribution in [0.2, 0.25) is 0 Å². The molecule has 0 aromatic rings. The molecule has 0 aromatic carbocycles. The van der Waals surface area contributed by atoms with Crippen molar-refractivity contribution < 1.29 is 10.2 Å². The van der Waals surface area contributed by atoms with Crippen molar-refractivity contribution in [2.75, 3.05) is 0 Å². The predicted molar refractivity (Wildman–Crippen MR) is 15.5 cm³/mol. The van der Waals surface area contributed by atoms with Crippen molar-refractivity contribution in [1.29, 1.82) is 0 Å². The van der Waals surface area contributed by atoms with Crippen LogP contribution >= 0.6 is 0 Å². The molecule has 0 aliphatic heterocycles. The Labute approximate surface area is 31.1 Å². The molecule has 0 rings (SSSR count). The smallest absolute Gasteiger partial charge is 0.196 e. The highest BCUT2D eigenvalue weighted by molar-refractivity contribution is 4.36. The summed E-state index contributed by atoms with van der Waals surface area (Å²) in [6.07, 6.45) is 0. The van der Waals surface area contributed by atoms with E-state index in [1.165, 1.54) is 0 Å². The summed E-state index contributed by atoms with van der Waals surface area (Å²) in [6, 6.07) is 0. The zero-order valence-electron chi connectivity index (χ0n) is 3.32. The van der Waals surface area contributed by atoms with Crippen LogP contribution in [-0.4, -0.2) is 5.79 Å². The molecule has 0 fully saturated rings. The van der Waals surface area contributed by atoms with E-state index in [1.807, 2.05) is 0 Å². The van der Waals surface area contributed by atoms with Crippen LogP contribution in [0.5, 0.6) is 0 Å². The lowest BCUT2D eigenvalue weighted by Gasteiger charge is -1.94. The SMILES string of the molecule is CC(C)([O])[O]. The summed E-state index contributed by atoms with van der Waals surface area (Å²) in [5.74, 6) is -2.00. The van der Waals surface area contributed by atoms with Crippen LogP contribution in [-0.2, 0) is 10.2 Å². The lowest BCUT2D eigenvalue weighted by molar-refractivity contribution is -0.216. The third kappa shape index (κ3) is 2260. The van der Waals surface area contributed by atoms with Crippen molar-refractivity contribution in [3.63, 3.8) is 0 Å². The standard InChI is InChI=1S/C3H6O2/c1-3(2,4)5/h1-2H3. The Morgan fingerprint density at radius 2 is 1.20 bits per heavy atom. The fourth-order valence-corrected chi connectivity index (χ4v) is 0. The van der Waals surface area contributed by atoms with Crippen molar-refractivity contribution in [1.82, 2.24) is 0 Å². The van der Waals surface area contributed by atoms with E-state index in [0.717, 1.165) is 13.8 Å². The van der Waals surface area contributed by atoms with E-state index in [1.54, 1.807) is 0 Å². The van der Waals surface area contributed by atoms with E-state index in [2.05, 4.69) is 0 Å². The number of rotatable bonds is 0. The number of hydrogen-bond acceptors (Lipinski definition) is 0. The molecule has 0 bridgehead atoms. The topological polar surface area (TPSA) is 39.8 Å². The fourth-order valence-electron chi connectivity index (χ4n) is 0. The Balaban J connectivity index is 3.02. The average molecular weight is 74.1 g/mol. The molecule has 2 nitrogen and oxygen atoms in total. The summed E-state index contributed by atoms with van der Waals surface area (Å²) in [6.45, 7) is 2.15. The van der Waals surface area contributed by atoms with E-state index in [0.29, 0.717) is 0 Å². The minimum absolute atomic E-state index is 1.08. The maximum atomic E-state index is 9.55. The summed E-state index contributed by atoms with van der Waals surface area (Å²) in [5, 5.41) is 19.1. The molecule has 0 heterocycles. The molecule has 0 spiro atoms. The summed E-state index contributed by atoms with van der Waals surface area (Å²) < 4.78 is 0. The van der Waals surface area contributed by atoms with Crippen LogP contribution in [0.4, 0.5) is 0 Å². The van der Waals surface area contributed by atoms with Gasteiger partial charge in [-0.2, -0.15) is 10.2 Å². The van der Waals surface area contributed by atoms with Crippen LogP contribution in [0, 0.1) is 0 Å². The Hall–Kier alpha value is -0.0800. The lowest BCUT2D eigenvalue weighted by atomic mass is 10.4. The highest BCUT2D eigenvalue weighted by Gasteiger charge is 2.07. The Bertz CT molecular complexity index is 20.4. The first kappa shape index (κ1) is 4.92. The third-order valence-corrected chi connectivity index (χ3v) is 0. The second-order valence-electron chi connectivity index (χ2n) is 1.40. The Kier molecular flexibility index (Phi) is 0.938. The van der Waals surface area contributed by atoms with Gasteiger partial charge in [0.05, 0.1) is 0 Å². The zero-order chi connectivity index (χ0) is 4.50. The molecule has 0 saturated heterocycles. The molecule has 0 N–H and O–H groups in total. The first-order valence-corrected chi connectivity index (χ1v) is 1.41. The summed E-state index contributed by atoms with van der Waals surface area (Å²) in [5.41, 5.74) is 0. The van der Waals surface area contributed by atoms with E-state index in [-0.39, 0.29) is 0 Å². The van der Waals surface area contributed by atoms with Gasteiger partial charge < -0.3 is 0 Å². The minimum atomic E-state index is -2.00. The second-order valence-corrected chi connectivity index (χ2v) is 1.40. The van der Waals surface area contributed by atoms with Crippen LogP contribution in [0.3, 0.4) is 0 Å².